The number of hydrogen-bond donors (Lipinski definition) is 0. The van der Waals surface area contributed by atoms with Crippen molar-refractivity contribution in [2.75, 3.05) is 18.8 Å². The molecule has 1 atom stereocenters. The van der Waals surface area contributed by atoms with Crippen LogP contribution in [0.25, 0.3) is 17.0 Å². The normalized spacial score (nSPS) is 17.3. The molecule has 32 heavy (non-hydrogen) atoms. The second-order valence-corrected chi connectivity index (χ2v) is 9.69. The van der Waals surface area contributed by atoms with E-state index in [1.165, 1.54) is 17.3 Å². The maximum atomic E-state index is 14.0. The Morgan fingerprint density at radius 1 is 1.19 bits per heavy atom. The van der Waals surface area contributed by atoms with Crippen LogP contribution in [0.1, 0.15) is 52.2 Å². The van der Waals surface area contributed by atoms with Gasteiger partial charge in [0.2, 0.25) is 11.7 Å². The predicted molar refractivity (Wildman–Crippen MR) is 128 cm³/mol. The van der Waals surface area contributed by atoms with Crippen LogP contribution in [0.4, 0.5) is 0 Å². The first-order chi connectivity index (χ1) is 15.4. The van der Waals surface area contributed by atoms with E-state index in [4.69, 9.17) is 4.98 Å². The number of amides is 1. The van der Waals surface area contributed by atoms with E-state index in [1.54, 1.807) is 14.0 Å². The Balaban J connectivity index is 2.00. The molecule has 1 aliphatic carbocycles. The summed E-state index contributed by atoms with van der Waals surface area (Å²) in [4.78, 5) is 33.6. The van der Waals surface area contributed by atoms with Gasteiger partial charge in [0.05, 0.1) is 11.3 Å². The first-order valence-electron chi connectivity index (χ1n) is 11.4. The number of fused-ring (bicyclic) bond motifs is 4. The van der Waals surface area contributed by atoms with E-state index in [0.29, 0.717) is 24.0 Å². The van der Waals surface area contributed by atoms with Gasteiger partial charge in [-0.1, -0.05) is 56.8 Å². The molecule has 4 rings (SSSR count). The third-order valence-corrected chi connectivity index (χ3v) is 7.42. The Labute approximate surface area is 192 Å². The van der Waals surface area contributed by atoms with Gasteiger partial charge in [-0.3, -0.25) is 9.59 Å². The number of likely N-dealkylation sites (N-methyl/N-ethyl adjacent to an activating group) is 1. The molecule has 170 valence electrons. The molecule has 2 heterocycles. The van der Waals surface area contributed by atoms with Crippen LogP contribution >= 0.6 is 11.8 Å². The van der Waals surface area contributed by atoms with Gasteiger partial charge in [0.1, 0.15) is 6.54 Å². The number of thioether (sulfide) groups is 1. The zero-order valence-corrected chi connectivity index (χ0v) is 20.3. The summed E-state index contributed by atoms with van der Waals surface area (Å²) in [6.45, 7) is 11.6. The molecule has 0 bridgehead atoms. The Hall–Kier alpha value is -2.61. The minimum atomic E-state index is -0.303. The van der Waals surface area contributed by atoms with Crippen molar-refractivity contribution in [3.8, 4) is 11.3 Å². The van der Waals surface area contributed by atoms with Gasteiger partial charge in [-0.2, -0.15) is 0 Å². The number of aromatic nitrogens is 4. The van der Waals surface area contributed by atoms with Crippen LogP contribution in [0.3, 0.4) is 0 Å². The smallest absolute Gasteiger partial charge is 0.265 e. The van der Waals surface area contributed by atoms with Crippen molar-refractivity contribution < 1.29 is 4.79 Å². The van der Waals surface area contributed by atoms with E-state index in [2.05, 4.69) is 25.0 Å². The number of hydrogen-bond acceptors (Lipinski definition) is 5. The average Bonchev–Trinajstić information content (AvgIpc) is 3.12. The largest absolute Gasteiger partial charge is 0.342 e. The van der Waals surface area contributed by atoms with Crippen molar-refractivity contribution in [1.29, 1.82) is 0 Å². The monoisotopic (exact) mass is 453 g/mol. The second kappa shape index (κ2) is 8.73. The lowest BCUT2D eigenvalue weighted by Crippen LogP contribution is -2.38. The van der Waals surface area contributed by atoms with E-state index in [0.717, 1.165) is 35.4 Å². The molecule has 8 heteroatoms. The highest BCUT2D eigenvalue weighted by Crippen LogP contribution is 2.42. The molecule has 7 nitrogen and oxygen atoms in total. The Morgan fingerprint density at radius 3 is 2.56 bits per heavy atom. The highest BCUT2D eigenvalue weighted by Gasteiger charge is 2.38. The third-order valence-electron chi connectivity index (χ3n) is 6.61. The van der Waals surface area contributed by atoms with E-state index in [1.807, 2.05) is 39.0 Å². The number of nitrogens with zero attached hydrogens (tertiary/aromatic N) is 5. The maximum absolute atomic E-state index is 14.0. The summed E-state index contributed by atoms with van der Waals surface area (Å²) in [5, 5.41) is 5.25. The number of rotatable bonds is 7. The van der Waals surface area contributed by atoms with Crippen LogP contribution in [0.15, 0.2) is 34.2 Å². The molecule has 0 N–H and O–H groups in total. The first kappa shape index (κ1) is 22.6. The van der Waals surface area contributed by atoms with Crippen molar-refractivity contribution in [2.24, 2.45) is 0 Å². The van der Waals surface area contributed by atoms with Gasteiger partial charge in [0.15, 0.2) is 5.16 Å². The van der Waals surface area contributed by atoms with Crippen molar-refractivity contribution in [3.63, 3.8) is 0 Å². The number of benzene rings is 1. The van der Waals surface area contributed by atoms with Crippen LogP contribution in [0, 0.1) is 0 Å². The molecular formula is C24H31N5O2S. The van der Waals surface area contributed by atoms with Crippen molar-refractivity contribution in [3.05, 3.63) is 45.7 Å². The quantitative estimate of drug-likeness (QED) is 0.509. The van der Waals surface area contributed by atoms with Gasteiger partial charge < -0.3 is 4.90 Å². The first-order valence-corrected chi connectivity index (χ1v) is 12.4. The minimum Gasteiger partial charge on any atom is -0.342 e. The fourth-order valence-electron chi connectivity index (χ4n) is 4.64. The third kappa shape index (κ3) is 3.54. The SMILES string of the molecule is CCSc1nn(CC(=O)N(CC)CC)c2nc3c(c(=O)n12)C(C)(CC)Cc1ccccc1-3. The van der Waals surface area contributed by atoms with Gasteiger partial charge in [0.25, 0.3) is 5.56 Å². The maximum Gasteiger partial charge on any atom is 0.265 e. The molecule has 1 unspecified atom stereocenters. The lowest BCUT2D eigenvalue weighted by atomic mass is 9.69. The van der Waals surface area contributed by atoms with Gasteiger partial charge in [-0.25, -0.2) is 14.1 Å². The molecule has 0 radical (unpaired) electrons. The summed E-state index contributed by atoms with van der Waals surface area (Å²) in [6, 6.07) is 8.18. The lowest BCUT2D eigenvalue weighted by molar-refractivity contribution is -0.131. The fourth-order valence-corrected chi connectivity index (χ4v) is 5.34. The van der Waals surface area contributed by atoms with Crippen molar-refractivity contribution in [1.82, 2.24) is 24.1 Å². The minimum absolute atomic E-state index is 0.0289. The molecule has 0 saturated carbocycles. The van der Waals surface area contributed by atoms with Crippen LogP contribution in [0.5, 0.6) is 0 Å². The topological polar surface area (TPSA) is 72.5 Å². The molecule has 1 amide bonds. The zero-order valence-electron chi connectivity index (χ0n) is 19.5. The van der Waals surface area contributed by atoms with E-state index >= 15 is 0 Å². The number of carbonyl (C=O) groups excluding carboxylic acids is 1. The van der Waals surface area contributed by atoms with Gasteiger partial charge in [-0.15, -0.1) is 5.10 Å². The molecule has 0 saturated heterocycles. The van der Waals surface area contributed by atoms with Crippen LogP contribution in [0.2, 0.25) is 0 Å². The van der Waals surface area contributed by atoms with E-state index in [9.17, 15) is 9.59 Å². The second-order valence-electron chi connectivity index (χ2n) is 8.46. The average molecular weight is 454 g/mol. The standard InChI is InChI=1S/C24H31N5O2S/c1-6-24(5)14-16-12-10-11-13-17(16)20-19(24)21(31)29-22(25-20)28(26-23(29)32-9-4)15-18(30)27(7-2)8-3/h10-13H,6-9,14-15H2,1-5H3. The fraction of sp³-hybridized carbons (Fsp3) is 0.500. The molecule has 1 aromatic carbocycles. The molecule has 3 aromatic rings. The van der Waals surface area contributed by atoms with Gasteiger partial charge in [-0.05, 0) is 38.0 Å². The highest BCUT2D eigenvalue weighted by molar-refractivity contribution is 7.99. The predicted octanol–water partition coefficient (Wildman–Crippen LogP) is 3.76. The molecular weight excluding hydrogens is 422 g/mol. The molecule has 1 aliphatic rings. The highest BCUT2D eigenvalue weighted by atomic mass is 32.2. The number of carbonyl (C=O) groups is 1. The van der Waals surface area contributed by atoms with Gasteiger partial charge in [0, 0.05) is 24.1 Å². The van der Waals surface area contributed by atoms with E-state index in [-0.39, 0.29) is 23.4 Å². The Bertz CT molecular complexity index is 1230. The lowest BCUT2D eigenvalue weighted by Gasteiger charge is -2.35. The van der Waals surface area contributed by atoms with E-state index < -0.39 is 0 Å². The van der Waals surface area contributed by atoms with Crippen molar-refractivity contribution >= 4 is 23.4 Å². The summed E-state index contributed by atoms with van der Waals surface area (Å²) < 4.78 is 3.21. The van der Waals surface area contributed by atoms with Crippen LogP contribution < -0.4 is 5.56 Å². The summed E-state index contributed by atoms with van der Waals surface area (Å²) in [5.74, 6) is 1.17. The Morgan fingerprint density at radius 2 is 1.91 bits per heavy atom. The molecule has 0 spiro atoms. The van der Waals surface area contributed by atoms with Crippen LogP contribution in [-0.4, -0.2) is 48.8 Å². The molecule has 0 fully saturated rings. The van der Waals surface area contributed by atoms with Crippen molar-refractivity contribution in [2.45, 2.75) is 64.6 Å². The summed E-state index contributed by atoms with van der Waals surface area (Å²) in [5.41, 5.74) is 3.31. The zero-order chi connectivity index (χ0) is 23.0. The van der Waals surface area contributed by atoms with Crippen LogP contribution in [-0.2, 0) is 23.2 Å². The Kier molecular flexibility index (Phi) is 6.16. The molecule has 0 aliphatic heterocycles. The summed E-state index contributed by atoms with van der Waals surface area (Å²) in [6.07, 6.45) is 1.64. The van der Waals surface area contributed by atoms with Gasteiger partial charge >= 0.3 is 0 Å². The molecule has 2 aromatic heterocycles. The summed E-state index contributed by atoms with van der Waals surface area (Å²) >= 11 is 1.50. The summed E-state index contributed by atoms with van der Waals surface area (Å²) in [7, 11) is 0.